The van der Waals surface area contributed by atoms with Crippen molar-refractivity contribution in [3.8, 4) is 0 Å². The van der Waals surface area contributed by atoms with Gasteiger partial charge in [-0.1, -0.05) is 19.9 Å². The number of likely N-dealkylation sites (N-methyl/N-ethyl adjacent to an activating group) is 1. The minimum Gasteiger partial charge on any atom is -0.423 e. The number of nitrogens with one attached hydrogen (secondary N) is 1. The third-order valence-electron chi connectivity index (χ3n) is 3.13. The van der Waals surface area contributed by atoms with E-state index in [-0.39, 0.29) is 6.04 Å². The minimum absolute atomic E-state index is 0.282. The van der Waals surface area contributed by atoms with E-state index >= 15 is 0 Å². The molecule has 2 rings (SSSR count). The van der Waals surface area contributed by atoms with Crippen molar-refractivity contribution in [3.63, 3.8) is 0 Å². The minimum atomic E-state index is 0.282. The number of nitrogens with two attached hydrogens (primary N) is 1. The van der Waals surface area contributed by atoms with Gasteiger partial charge in [0.15, 0.2) is 5.58 Å². The van der Waals surface area contributed by atoms with Crippen LogP contribution in [-0.2, 0) is 0 Å². The molecule has 3 N–H and O–H groups in total. The normalized spacial score (nSPS) is 13.4. The Morgan fingerprint density at radius 1 is 1.37 bits per heavy atom. The first-order valence-corrected chi connectivity index (χ1v) is 6.53. The summed E-state index contributed by atoms with van der Waals surface area (Å²) in [7, 11) is 4.11. The van der Waals surface area contributed by atoms with Gasteiger partial charge in [-0.05, 0) is 32.1 Å². The maximum atomic E-state index is 5.88. The highest BCUT2D eigenvalue weighted by molar-refractivity contribution is 5.86. The lowest BCUT2D eigenvalue weighted by Crippen LogP contribution is -2.36. The lowest BCUT2D eigenvalue weighted by molar-refractivity contribution is 0.340. The first-order valence-electron chi connectivity index (χ1n) is 6.53. The van der Waals surface area contributed by atoms with Crippen molar-refractivity contribution in [2.75, 3.05) is 31.7 Å². The van der Waals surface area contributed by atoms with Gasteiger partial charge in [-0.3, -0.25) is 0 Å². The van der Waals surface area contributed by atoms with Gasteiger partial charge in [0.2, 0.25) is 0 Å². The molecule has 1 aromatic carbocycles. The first kappa shape index (κ1) is 13.7. The van der Waals surface area contributed by atoms with Crippen LogP contribution in [0.4, 0.5) is 11.7 Å². The van der Waals surface area contributed by atoms with Gasteiger partial charge in [0.05, 0.1) is 5.69 Å². The highest BCUT2D eigenvalue weighted by Crippen LogP contribution is 2.24. The largest absolute Gasteiger partial charge is 0.423 e. The number of aromatic nitrogens is 1. The zero-order chi connectivity index (χ0) is 14.0. The molecule has 0 aliphatic heterocycles. The zero-order valence-electron chi connectivity index (χ0n) is 12.0. The number of rotatable bonds is 5. The fourth-order valence-corrected chi connectivity index (χ4v) is 2.01. The van der Waals surface area contributed by atoms with E-state index in [1.807, 2.05) is 18.2 Å². The van der Waals surface area contributed by atoms with Crippen LogP contribution < -0.4 is 11.1 Å². The van der Waals surface area contributed by atoms with Gasteiger partial charge >= 0.3 is 0 Å². The molecule has 0 aliphatic carbocycles. The number of nitrogen functional groups attached to an aromatic ring is 1. The van der Waals surface area contributed by atoms with Crippen molar-refractivity contribution in [2.24, 2.45) is 5.92 Å². The molecule has 5 nitrogen and oxygen atoms in total. The molecule has 0 bridgehead atoms. The average Bonchev–Trinajstić information content (AvgIpc) is 2.71. The smallest absolute Gasteiger partial charge is 0.296 e. The second-order valence-corrected chi connectivity index (χ2v) is 5.47. The molecule has 0 saturated heterocycles. The summed E-state index contributed by atoms with van der Waals surface area (Å²) in [5.41, 5.74) is 7.96. The number of nitrogens with zero attached hydrogens (tertiary/aromatic N) is 2. The Kier molecular flexibility index (Phi) is 3.95. The van der Waals surface area contributed by atoms with Crippen LogP contribution in [-0.4, -0.2) is 36.6 Å². The van der Waals surface area contributed by atoms with Gasteiger partial charge in [-0.15, -0.1) is 0 Å². The van der Waals surface area contributed by atoms with Gasteiger partial charge in [-0.2, -0.15) is 4.98 Å². The van der Waals surface area contributed by atoms with E-state index in [1.165, 1.54) is 0 Å². The Morgan fingerprint density at radius 2 is 2.11 bits per heavy atom. The van der Waals surface area contributed by atoms with E-state index in [9.17, 15) is 0 Å². The van der Waals surface area contributed by atoms with E-state index in [0.717, 1.165) is 17.6 Å². The molecular formula is C14H22N4O. The summed E-state index contributed by atoms with van der Waals surface area (Å²) < 4.78 is 5.69. The second kappa shape index (κ2) is 5.48. The number of para-hydroxylation sites is 1. The van der Waals surface area contributed by atoms with Crippen LogP contribution in [0.15, 0.2) is 22.6 Å². The Morgan fingerprint density at radius 3 is 2.68 bits per heavy atom. The molecule has 2 aromatic rings. The van der Waals surface area contributed by atoms with Gasteiger partial charge in [0.1, 0.15) is 5.52 Å². The average molecular weight is 262 g/mol. The summed E-state index contributed by atoms with van der Waals surface area (Å²) in [5.74, 6) is 0.481. The number of fused-ring (bicyclic) bond motifs is 1. The number of hydrogen-bond donors (Lipinski definition) is 2. The van der Waals surface area contributed by atoms with Crippen molar-refractivity contribution < 1.29 is 4.42 Å². The van der Waals surface area contributed by atoms with Crippen molar-refractivity contribution >= 4 is 22.8 Å². The molecule has 19 heavy (non-hydrogen) atoms. The fourth-order valence-electron chi connectivity index (χ4n) is 2.01. The topological polar surface area (TPSA) is 67.3 Å². The van der Waals surface area contributed by atoms with Gasteiger partial charge in [0, 0.05) is 12.6 Å². The standard InChI is InChI=1S/C14H22N4O/c1-9(2)11(8-18(3)4)16-14-17-13-10(15)6-5-7-12(13)19-14/h5-7,9,11H,8,15H2,1-4H3,(H,16,17). The quantitative estimate of drug-likeness (QED) is 0.810. The molecular weight excluding hydrogens is 240 g/mol. The van der Waals surface area contributed by atoms with Crippen molar-refractivity contribution in [1.29, 1.82) is 0 Å². The Labute approximate surface area is 113 Å². The molecule has 1 aromatic heterocycles. The van der Waals surface area contributed by atoms with Crippen molar-refractivity contribution in [2.45, 2.75) is 19.9 Å². The Bertz CT molecular complexity index is 547. The fraction of sp³-hybridized carbons (Fsp3) is 0.500. The molecule has 0 spiro atoms. The number of anilines is 2. The predicted octanol–water partition coefficient (Wildman–Crippen LogP) is 2.41. The van der Waals surface area contributed by atoms with Gasteiger partial charge < -0.3 is 20.4 Å². The second-order valence-electron chi connectivity index (χ2n) is 5.47. The summed E-state index contributed by atoms with van der Waals surface area (Å²) in [6, 6.07) is 6.39. The zero-order valence-corrected chi connectivity index (χ0v) is 12.0. The van der Waals surface area contributed by atoms with Crippen LogP contribution in [0.1, 0.15) is 13.8 Å². The van der Waals surface area contributed by atoms with Crippen molar-refractivity contribution in [3.05, 3.63) is 18.2 Å². The molecule has 0 radical (unpaired) electrons. The molecule has 104 valence electrons. The molecule has 1 unspecified atom stereocenters. The molecule has 0 fully saturated rings. The SMILES string of the molecule is CC(C)C(CN(C)C)Nc1nc2c(N)cccc2o1. The molecule has 5 heteroatoms. The number of benzene rings is 1. The number of hydrogen-bond acceptors (Lipinski definition) is 5. The predicted molar refractivity (Wildman–Crippen MR) is 79.2 cm³/mol. The lowest BCUT2D eigenvalue weighted by atomic mass is 10.0. The lowest BCUT2D eigenvalue weighted by Gasteiger charge is -2.24. The molecule has 0 aliphatic rings. The first-order chi connectivity index (χ1) is 8.97. The molecule has 0 amide bonds. The molecule has 1 heterocycles. The van der Waals surface area contributed by atoms with Gasteiger partial charge in [0.25, 0.3) is 6.01 Å². The third kappa shape index (κ3) is 3.17. The van der Waals surface area contributed by atoms with Crippen LogP contribution in [0, 0.1) is 5.92 Å². The van der Waals surface area contributed by atoms with E-state index in [0.29, 0.717) is 17.6 Å². The Hall–Kier alpha value is -1.75. The number of oxazole rings is 1. The Balaban J connectivity index is 2.21. The highest BCUT2D eigenvalue weighted by Gasteiger charge is 2.17. The van der Waals surface area contributed by atoms with E-state index < -0.39 is 0 Å². The maximum Gasteiger partial charge on any atom is 0.296 e. The van der Waals surface area contributed by atoms with Crippen molar-refractivity contribution in [1.82, 2.24) is 9.88 Å². The summed E-state index contributed by atoms with van der Waals surface area (Å²) in [4.78, 5) is 6.57. The summed E-state index contributed by atoms with van der Waals surface area (Å²) >= 11 is 0. The highest BCUT2D eigenvalue weighted by atomic mass is 16.4. The summed E-state index contributed by atoms with van der Waals surface area (Å²) in [5, 5.41) is 3.35. The summed E-state index contributed by atoms with van der Waals surface area (Å²) in [6.07, 6.45) is 0. The monoisotopic (exact) mass is 262 g/mol. The van der Waals surface area contributed by atoms with Crippen LogP contribution in [0.25, 0.3) is 11.1 Å². The summed E-state index contributed by atoms with van der Waals surface area (Å²) in [6.45, 7) is 5.28. The maximum absolute atomic E-state index is 5.88. The van der Waals surface area contributed by atoms with E-state index in [1.54, 1.807) is 0 Å². The van der Waals surface area contributed by atoms with Gasteiger partial charge in [-0.25, -0.2) is 0 Å². The van der Waals surface area contributed by atoms with Crippen LogP contribution in [0.5, 0.6) is 0 Å². The molecule has 0 saturated carbocycles. The molecule has 1 atom stereocenters. The van der Waals surface area contributed by atoms with Crippen LogP contribution in [0.3, 0.4) is 0 Å². The third-order valence-corrected chi connectivity index (χ3v) is 3.13. The van der Waals surface area contributed by atoms with Crippen LogP contribution in [0.2, 0.25) is 0 Å². The van der Waals surface area contributed by atoms with E-state index in [2.05, 4.69) is 43.1 Å². The van der Waals surface area contributed by atoms with Crippen LogP contribution >= 0.6 is 0 Å². The van der Waals surface area contributed by atoms with E-state index in [4.69, 9.17) is 10.2 Å².